The van der Waals surface area contributed by atoms with Gasteiger partial charge in [0.05, 0.1) is 10.5 Å². The van der Waals surface area contributed by atoms with Crippen molar-refractivity contribution in [2.75, 3.05) is 6.61 Å². The molecule has 0 saturated carbocycles. The predicted molar refractivity (Wildman–Crippen MR) is 62.2 cm³/mol. The number of benzene rings is 1. The Morgan fingerprint density at radius 1 is 1.28 bits per heavy atom. The molecule has 0 radical (unpaired) electrons. The highest BCUT2D eigenvalue weighted by Gasteiger charge is 2.18. The molecule has 0 fully saturated rings. The molecule has 1 heterocycles. The average Bonchev–Trinajstić information content (AvgIpc) is 2.87. The van der Waals surface area contributed by atoms with Gasteiger partial charge in [-0.2, -0.15) is 0 Å². The van der Waals surface area contributed by atoms with Crippen LogP contribution in [-0.4, -0.2) is 22.4 Å². The highest BCUT2D eigenvalue weighted by molar-refractivity contribution is 5.95. The van der Waals surface area contributed by atoms with E-state index in [1.165, 1.54) is 24.3 Å². The summed E-state index contributed by atoms with van der Waals surface area (Å²) in [5.74, 6) is -0.371. The fraction of sp³-hybridized carbons (Fsp3) is 0.0833. The summed E-state index contributed by atoms with van der Waals surface area (Å²) in [5.41, 5.74) is 0.189. The first-order valence-corrected chi connectivity index (χ1v) is 5.11. The molecule has 0 bridgehead atoms. The number of Topliss-reactive ketones (excluding diaryl/α,β-unsaturated/α-hetero) is 1. The zero-order valence-corrected chi connectivity index (χ0v) is 9.20. The molecular formula is C12H9NO5. The van der Waals surface area contributed by atoms with Crippen molar-refractivity contribution in [1.82, 2.24) is 0 Å². The fourth-order valence-corrected chi connectivity index (χ4v) is 1.55. The van der Waals surface area contributed by atoms with E-state index in [-0.39, 0.29) is 17.2 Å². The first-order chi connectivity index (χ1) is 8.63. The molecule has 0 amide bonds. The Labute approximate surface area is 102 Å². The number of nitrogens with zero attached hydrogens (tertiary/aromatic N) is 1. The van der Waals surface area contributed by atoms with Gasteiger partial charge in [0.15, 0.2) is 5.76 Å². The number of hydrogen-bond donors (Lipinski definition) is 1. The molecule has 1 aromatic carbocycles. The van der Waals surface area contributed by atoms with Gasteiger partial charge in [0.25, 0.3) is 5.69 Å². The number of carbonyl (C=O) groups is 1. The quantitative estimate of drug-likeness (QED) is 0.506. The van der Waals surface area contributed by atoms with E-state index in [9.17, 15) is 14.9 Å². The summed E-state index contributed by atoms with van der Waals surface area (Å²) in [4.78, 5) is 21.5. The number of aliphatic hydroxyl groups excluding tert-OH is 1. The van der Waals surface area contributed by atoms with Crippen molar-refractivity contribution in [3.05, 3.63) is 52.3 Å². The van der Waals surface area contributed by atoms with E-state index in [1.807, 2.05) is 0 Å². The van der Waals surface area contributed by atoms with Gasteiger partial charge < -0.3 is 9.52 Å². The highest BCUT2D eigenvalue weighted by atomic mass is 16.6. The minimum atomic E-state index is -0.663. The third-order valence-electron chi connectivity index (χ3n) is 2.39. The molecule has 2 rings (SSSR count). The van der Waals surface area contributed by atoms with Gasteiger partial charge in [-0.1, -0.05) is 12.1 Å². The van der Waals surface area contributed by atoms with Crippen LogP contribution in [0.1, 0.15) is 10.6 Å². The lowest BCUT2D eigenvalue weighted by molar-refractivity contribution is -0.384. The second kappa shape index (κ2) is 4.80. The summed E-state index contributed by atoms with van der Waals surface area (Å²) < 4.78 is 5.20. The number of para-hydroxylation sites is 1. The summed E-state index contributed by atoms with van der Waals surface area (Å²) in [6, 6.07) is 8.91. The van der Waals surface area contributed by atoms with E-state index in [2.05, 4.69) is 0 Å². The lowest BCUT2D eigenvalue weighted by Gasteiger charge is -1.98. The van der Waals surface area contributed by atoms with Crippen LogP contribution in [0.5, 0.6) is 0 Å². The van der Waals surface area contributed by atoms with Crippen LogP contribution in [0.4, 0.5) is 5.69 Å². The van der Waals surface area contributed by atoms with Gasteiger partial charge in [0.2, 0.25) is 5.78 Å². The first-order valence-electron chi connectivity index (χ1n) is 5.11. The molecule has 0 atom stereocenters. The van der Waals surface area contributed by atoms with Crippen molar-refractivity contribution >= 4 is 11.5 Å². The molecule has 0 saturated heterocycles. The van der Waals surface area contributed by atoms with Gasteiger partial charge in [0, 0.05) is 6.07 Å². The smallest absolute Gasteiger partial charge is 0.280 e. The van der Waals surface area contributed by atoms with E-state index in [0.717, 1.165) is 0 Å². The molecule has 1 N–H and O–H groups in total. The first kappa shape index (κ1) is 12.0. The molecule has 0 unspecified atom stereocenters. The number of hydrogen-bond acceptors (Lipinski definition) is 5. The maximum absolute atomic E-state index is 11.2. The number of nitro groups is 1. The topological polar surface area (TPSA) is 93.6 Å². The minimum absolute atomic E-state index is 0.0225. The highest BCUT2D eigenvalue weighted by Crippen LogP contribution is 2.30. The van der Waals surface area contributed by atoms with E-state index < -0.39 is 17.3 Å². The van der Waals surface area contributed by atoms with Crippen LogP contribution >= 0.6 is 0 Å². The number of ketones is 1. The number of furan rings is 1. The normalized spacial score (nSPS) is 10.3. The number of rotatable bonds is 4. The summed E-state index contributed by atoms with van der Waals surface area (Å²) in [6.07, 6.45) is 0. The van der Waals surface area contributed by atoms with E-state index >= 15 is 0 Å². The Bertz CT molecular complexity index is 602. The summed E-state index contributed by atoms with van der Waals surface area (Å²) in [5, 5.41) is 19.5. The van der Waals surface area contributed by atoms with Crippen LogP contribution in [0.15, 0.2) is 40.8 Å². The zero-order chi connectivity index (χ0) is 13.1. The molecule has 0 spiro atoms. The predicted octanol–water partition coefficient (Wildman–Crippen LogP) is 2.03. The summed E-state index contributed by atoms with van der Waals surface area (Å²) in [7, 11) is 0. The third kappa shape index (κ3) is 2.14. The maximum Gasteiger partial charge on any atom is 0.280 e. The lowest BCUT2D eigenvalue weighted by Crippen LogP contribution is -2.01. The lowest BCUT2D eigenvalue weighted by atomic mass is 10.1. The van der Waals surface area contributed by atoms with Crippen molar-refractivity contribution in [3.8, 4) is 11.3 Å². The van der Waals surface area contributed by atoms with Crippen LogP contribution < -0.4 is 0 Å². The number of carbonyl (C=O) groups excluding carboxylic acids is 1. The maximum atomic E-state index is 11.2. The number of aliphatic hydroxyl groups is 1. The van der Waals surface area contributed by atoms with E-state index in [0.29, 0.717) is 5.56 Å². The van der Waals surface area contributed by atoms with Crippen LogP contribution in [-0.2, 0) is 0 Å². The second-order valence-corrected chi connectivity index (χ2v) is 3.52. The van der Waals surface area contributed by atoms with Gasteiger partial charge in [-0.25, -0.2) is 0 Å². The van der Waals surface area contributed by atoms with Crippen LogP contribution in [0.3, 0.4) is 0 Å². The molecule has 6 heteroatoms. The van der Waals surface area contributed by atoms with Crippen molar-refractivity contribution in [2.24, 2.45) is 0 Å². The van der Waals surface area contributed by atoms with Gasteiger partial charge in [-0.05, 0) is 18.2 Å². The van der Waals surface area contributed by atoms with Gasteiger partial charge in [-0.3, -0.25) is 14.9 Å². The molecular weight excluding hydrogens is 238 g/mol. The van der Waals surface area contributed by atoms with Crippen LogP contribution in [0.25, 0.3) is 11.3 Å². The van der Waals surface area contributed by atoms with E-state index in [4.69, 9.17) is 9.52 Å². The molecule has 92 valence electrons. The summed E-state index contributed by atoms with van der Waals surface area (Å²) >= 11 is 0. The molecule has 18 heavy (non-hydrogen) atoms. The van der Waals surface area contributed by atoms with E-state index in [1.54, 1.807) is 12.1 Å². The third-order valence-corrected chi connectivity index (χ3v) is 2.39. The zero-order valence-electron chi connectivity index (χ0n) is 9.20. The Morgan fingerprint density at radius 3 is 2.67 bits per heavy atom. The monoisotopic (exact) mass is 247 g/mol. The number of nitro benzene ring substituents is 1. The minimum Gasteiger partial charge on any atom is -0.453 e. The Kier molecular flexibility index (Phi) is 3.20. The molecule has 0 aliphatic rings. The summed E-state index contributed by atoms with van der Waals surface area (Å²) in [6.45, 7) is -0.663. The van der Waals surface area contributed by atoms with Crippen LogP contribution in [0, 0.1) is 10.1 Å². The van der Waals surface area contributed by atoms with Crippen LogP contribution in [0.2, 0.25) is 0 Å². The Balaban J connectivity index is 2.46. The standard InChI is InChI=1S/C12H9NO5/c14-7-10(15)12-6-5-11(18-12)8-3-1-2-4-9(8)13(16)17/h1-6,14H,7H2. The average molecular weight is 247 g/mol. The van der Waals surface area contributed by atoms with Crippen molar-refractivity contribution in [1.29, 1.82) is 0 Å². The molecule has 0 aliphatic carbocycles. The Hall–Kier alpha value is -2.47. The molecule has 1 aromatic heterocycles. The molecule has 2 aromatic rings. The van der Waals surface area contributed by atoms with Gasteiger partial charge in [0.1, 0.15) is 12.4 Å². The van der Waals surface area contributed by atoms with Gasteiger partial charge in [-0.15, -0.1) is 0 Å². The van der Waals surface area contributed by atoms with Crippen molar-refractivity contribution in [3.63, 3.8) is 0 Å². The SMILES string of the molecule is O=C(CO)c1ccc(-c2ccccc2[N+](=O)[O-])o1. The molecule has 0 aliphatic heterocycles. The fourth-order valence-electron chi connectivity index (χ4n) is 1.55. The second-order valence-electron chi connectivity index (χ2n) is 3.52. The van der Waals surface area contributed by atoms with Crippen molar-refractivity contribution in [2.45, 2.75) is 0 Å². The largest absolute Gasteiger partial charge is 0.453 e. The van der Waals surface area contributed by atoms with Crippen molar-refractivity contribution < 1.29 is 19.2 Å². The Morgan fingerprint density at radius 2 is 2.00 bits per heavy atom. The van der Waals surface area contributed by atoms with Gasteiger partial charge >= 0.3 is 0 Å². The molecule has 6 nitrogen and oxygen atoms in total.